The molecule has 4 N–H and O–H groups in total. The van der Waals surface area contributed by atoms with Crippen molar-refractivity contribution in [1.82, 2.24) is 15.5 Å². The number of nitrogens with one attached hydrogen (secondary N) is 2. The van der Waals surface area contributed by atoms with E-state index in [4.69, 9.17) is 5.11 Å². The first-order chi connectivity index (χ1) is 17.0. The minimum atomic E-state index is -1.11. The van der Waals surface area contributed by atoms with Gasteiger partial charge in [0, 0.05) is 63.7 Å². The molecule has 9 heteroatoms. The Kier molecular flexibility index (Phi) is 8.22. The average Bonchev–Trinajstić information content (AvgIpc) is 2.92. The van der Waals surface area contributed by atoms with Crippen molar-refractivity contribution in [2.45, 2.75) is 19.1 Å². The highest BCUT2D eigenvalue weighted by molar-refractivity contribution is 5.89. The van der Waals surface area contributed by atoms with Gasteiger partial charge >= 0.3 is 6.03 Å². The lowest BCUT2D eigenvalue weighted by Gasteiger charge is -2.37. The van der Waals surface area contributed by atoms with Crippen molar-refractivity contribution < 1.29 is 19.8 Å². The Hall–Kier alpha value is -3.14. The molecular weight excluding hydrogens is 446 g/mol. The van der Waals surface area contributed by atoms with E-state index < -0.39 is 30.6 Å². The monoisotopic (exact) mass is 481 g/mol. The first-order valence-corrected chi connectivity index (χ1v) is 12.2. The van der Waals surface area contributed by atoms with Crippen LogP contribution in [0.25, 0.3) is 11.1 Å². The van der Waals surface area contributed by atoms with Crippen LogP contribution in [-0.4, -0.2) is 98.0 Å². The van der Waals surface area contributed by atoms with E-state index >= 15 is 0 Å². The molecule has 9 nitrogen and oxygen atoms in total. The number of carbonyl (C=O) groups is 2. The van der Waals surface area contributed by atoms with Crippen molar-refractivity contribution in [1.29, 1.82) is 0 Å². The number of ketones is 1. The minimum Gasteiger partial charge on any atom is -0.391 e. The number of aliphatic hydroxyl groups is 2. The van der Waals surface area contributed by atoms with Crippen LogP contribution in [0.4, 0.5) is 16.2 Å². The predicted octanol–water partition coefficient (Wildman–Crippen LogP) is 0.906. The van der Waals surface area contributed by atoms with Gasteiger partial charge in [-0.3, -0.25) is 4.79 Å². The lowest BCUT2D eigenvalue weighted by molar-refractivity contribution is -0.125. The van der Waals surface area contributed by atoms with Crippen LogP contribution in [0.3, 0.4) is 0 Å². The van der Waals surface area contributed by atoms with E-state index in [1.54, 1.807) is 4.90 Å². The molecule has 2 heterocycles. The van der Waals surface area contributed by atoms with Crippen LogP contribution in [0.5, 0.6) is 0 Å². The zero-order valence-electron chi connectivity index (χ0n) is 20.2. The predicted molar refractivity (Wildman–Crippen MR) is 137 cm³/mol. The van der Waals surface area contributed by atoms with Crippen LogP contribution in [0.1, 0.15) is 6.92 Å². The van der Waals surface area contributed by atoms with Crippen LogP contribution in [0, 0.1) is 0 Å². The second-order valence-electron chi connectivity index (χ2n) is 9.10. The summed E-state index contributed by atoms with van der Waals surface area (Å²) >= 11 is 0. The summed E-state index contributed by atoms with van der Waals surface area (Å²) in [5, 5.41) is 24.7. The van der Waals surface area contributed by atoms with Gasteiger partial charge < -0.3 is 35.5 Å². The molecule has 2 atom stereocenters. The molecule has 2 aliphatic rings. The van der Waals surface area contributed by atoms with Crippen LogP contribution < -0.4 is 20.4 Å². The second kappa shape index (κ2) is 11.5. The molecule has 0 bridgehead atoms. The molecule has 2 aromatic rings. The molecule has 0 unspecified atom stereocenters. The molecule has 35 heavy (non-hydrogen) atoms. The zero-order chi connectivity index (χ0) is 24.8. The van der Waals surface area contributed by atoms with Crippen LogP contribution in [0.15, 0.2) is 48.5 Å². The lowest BCUT2D eigenvalue weighted by atomic mass is 10.0. The van der Waals surface area contributed by atoms with E-state index in [1.807, 2.05) is 0 Å². The van der Waals surface area contributed by atoms with Gasteiger partial charge in [-0.05, 0) is 42.3 Å². The number of piperazine rings is 2. The SMILES string of the molecule is C[C@H](O)[C@@H](NC(=O)N1CCN(c2ccc(-c3ccc(N4CCNCC4)cc3)cc2)CC1)C(=O)CO. The summed E-state index contributed by atoms with van der Waals surface area (Å²) in [6.45, 7) is 7.14. The minimum absolute atomic E-state index is 0.406. The van der Waals surface area contributed by atoms with E-state index in [-0.39, 0.29) is 0 Å². The molecule has 0 aromatic heterocycles. The van der Waals surface area contributed by atoms with Crippen LogP contribution in [0.2, 0.25) is 0 Å². The summed E-state index contributed by atoms with van der Waals surface area (Å²) < 4.78 is 0. The van der Waals surface area contributed by atoms with Gasteiger partial charge in [0.15, 0.2) is 5.78 Å². The number of aliphatic hydroxyl groups excluding tert-OH is 2. The average molecular weight is 482 g/mol. The molecule has 2 saturated heterocycles. The maximum atomic E-state index is 12.5. The summed E-state index contributed by atoms with van der Waals surface area (Å²) in [4.78, 5) is 30.6. The van der Waals surface area contributed by atoms with Gasteiger partial charge in [-0.1, -0.05) is 24.3 Å². The Morgan fingerprint density at radius 2 is 1.34 bits per heavy atom. The molecule has 2 fully saturated rings. The number of benzene rings is 2. The van der Waals surface area contributed by atoms with Gasteiger partial charge in [0.25, 0.3) is 0 Å². The number of hydrogen-bond donors (Lipinski definition) is 4. The zero-order valence-corrected chi connectivity index (χ0v) is 20.2. The third-order valence-electron chi connectivity index (χ3n) is 6.75. The van der Waals surface area contributed by atoms with Crippen molar-refractivity contribution in [3.05, 3.63) is 48.5 Å². The number of anilines is 2. The van der Waals surface area contributed by atoms with Gasteiger partial charge in [-0.25, -0.2) is 4.79 Å². The maximum absolute atomic E-state index is 12.5. The molecule has 0 saturated carbocycles. The highest BCUT2D eigenvalue weighted by Crippen LogP contribution is 2.26. The summed E-state index contributed by atoms with van der Waals surface area (Å²) in [6.07, 6.45) is -1.07. The fourth-order valence-corrected chi connectivity index (χ4v) is 4.61. The first kappa shape index (κ1) is 25.0. The van der Waals surface area contributed by atoms with Crippen molar-refractivity contribution in [3.63, 3.8) is 0 Å². The van der Waals surface area contributed by atoms with Crippen molar-refractivity contribution in [3.8, 4) is 11.1 Å². The number of Topliss-reactive ketones (excluding diaryl/α,β-unsaturated/α-hetero) is 1. The Balaban J connectivity index is 1.31. The third-order valence-corrected chi connectivity index (χ3v) is 6.75. The van der Waals surface area contributed by atoms with Crippen molar-refractivity contribution >= 4 is 23.2 Å². The van der Waals surface area contributed by atoms with Gasteiger partial charge in [-0.15, -0.1) is 0 Å². The van der Waals surface area contributed by atoms with E-state index in [9.17, 15) is 14.7 Å². The molecule has 2 aliphatic heterocycles. The molecule has 2 amide bonds. The highest BCUT2D eigenvalue weighted by atomic mass is 16.3. The van der Waals surface area contributed by atoms with Crippen molar-refractivity contribution in [2.75, 3.05) is 68.8 Å². The van der Waals surface area contributed by atoms with E-state index in [0.29, 0.717) is 26.2 Å². The normalized spacial score (nSPS) is 18.2. The van der Waals surface area contributed by atoms with E-state index in [1.165, 1.54) is 18.2 Å². The van der Waals surface area contributed by atoms with E-state index in [0.717, 1.165) is 37.4 Å². The van der Waals surface area contributed by atoms with Gasteiger partial charge in [0.05, 0.1) is 6.10 Å². The fraction of sp³-hybridized carbons (Fsp3) is 0.462. The highest BCUT2D eigenvalue weighted by Gasteiger charge is 2.28. The van der Waals surface area contributed by atoms with Gasteiger partial charge in [0.1, 0.15) is 12.6 Å². The smallest absolute Gasteiger partial charge is 0.318 e. The molecule has 4 rings (SSSR count). The van der Waals surface area contributed by atoms with Crippen LogP contribution in [-0.2, 0) is 4.79 Å². The molecule has 2 aromatic carbocycles. The summed E-state index contributed by atoms with van der Waals surface area (Å²) in [7, 11) is 0. The summed E-state index contributed by atoms with van der Waals surface area (Å²) in [6, 6.07) is 15.7. The molecule has 0 spiro atoms. The van der Waals surface area contributed by atoms with E-state index in [2.05, 4.69) is 69.0 Å². The Morgan fingerprint density at radius 1 is 0.857 bits per heavy atom. The summed E-state index contributed by atoms with van der Waals surface area (Å²) in [5.74, 6) is -0.606. The molecule has 188 valence electrons. The third kappa shape index (κ3) is 6.11. The van der Waals surface area contributed by atoms with Crippen molar-refractivity contribution in [2.24, 2.45) is 0 Å². The Morgan fingerprint density at radius 3 is 1.80 bits per heavy atom. The molecule has 0 radical (unpaired) electrons. The number of rotatable bonds is 7. The Labute approximate surface area is 206 Å². The molecular formula is C26H35N5O4. The summed E-state index contributed by atoms with van der Waals surface area (Å²) in [5.41, 5.74) is 4.70. The number of hydrogen-bond acceptors (Lipinski definition) is 7. The number of amides is 2. The maximum Gasteiger partial charge on any atom is 0.318 e. The number of urea groups is 1. The largest absolute Gasteiger partial charge is 0.391 e. The number of nitrogens with zero attached hydrogens (tertiary/aromatic N) is 3. The molecule has 0 aliphatic carbocycles. The second-order valence-corrected chi connectivity index (χ2v) is 9.10. The number of carbonyl (C=O) groups excluding carboxylic acids is 2. The standard InChI is InChI=1S/C26H35N5O4/c1-19(33)25(24(34)18-32)28-26(35)31-16-14-30(15-17-31)23-8-4-21(5-9-23)20-2-6-22(7-3-20)29-12-10-27-11-13-29/h2-9,19,25,27,32-33H,10-18H2,1H3,(H,28,35)/t19-,25+/m0/s1. The quantitative estimate of drug-likeness (QED) is 0.466. The van der Waals surface area contributed by atoms with Gasteiger partial charge in [0.2, 0.25) is 0 Å². The van der Waals surface area contributed by atoms with Crippen LogP contribution >= 0.6 is 0 Å². The lowest BCUT2D eigenvalue weighted by Crippen LogP contribution is -2.57. The topological polar surface area (TPSA) is 108 Å². The fourth-order valence-electron chi connectivity index (χ4n) is 4.61. The Bertz CT molecular complexity index is 982. The first-order valence-electron chi connectivity index (χ1n) is 12.2. The van der Waals surface area contributed by atoms with Gasteiger partial charge in [-0.2, -0.15) is 0 Å².